The molecule has 1 aromatic carbocycles. The summed E-state index contributed by atoms with van der Waals surface area (Å²) in [7, 11) is 0. The van der Waals surface area contributed by atoms with E-state index in [4.69, 9.17) is 33.0 Å². The number of benzene rings is 1. The molecule has 7 heteroatoms. The van der Waals surface area contributed by atoms with Crippen LogP contribution in [0.2, 0.25) is 10.0 Å². The fourth-order valence-corrected chi connectivity index (χ4v) is 2.80. The number of carbonyl (C=O) groups is 2. The van der Waals surface area contributed by atoms with Gasteiger partial charge in [-0.05, 0) is 50.6 Å². The minimum atomic E-state index is -1.42. The van der Waals surface area contributed by atoms with Crippen molar-refractivity contribution in [1.82, 2.24) is 0 Å². The van der Waals surface area contributed by atoms with Crippen molar-refractivity contribution in [3.63, 3.8) is 0 Å². The molecular formula is C16H15Cl2NO4. The number of aromatic carboxylic acids is 1. The number of esters is 1. The van der Waals surface area contributed by atoms with Gasteiger partial charge in [0, 0.05) is 6.21 Å². The molecule has 0 amide bonds. The summed E-state index contributed by atoms with van der Waals surface area (Å²) in [6, 6.07) is 2.74. The average Bonchev–Trinajstić information content (AvgIpc) is 2.85. The van der Waals surface area contributed by atoms with E-state index in [-0.39, 0.29) is 15.6 Å². The molecule has 1 unspecified atom stereocenters. The van der Waals surface area contributed by atoms with Crippen molar-refractivity contribution in [3.05, 3.63) is 45.5 Å². The van der Waals surface area contributed by atoms with E-state index < -0.39 is 23.1 Å². The summed E-state index contributed by atoms with van der Waals surface area (Å²) in [5.41, 5.74) is -2.00. The first kappa shape index (κ1) is 17.5. The standard InChI is InChI=1S/C16H15Cl2NO4/c1-15(2,3)23-14(22)16(5-4-6-19-16)9-7-10(17)12(13(20)21)11(18)8-9/h4-8H,1-3H3,(H,20,21). The van der Waals surface area contributed by atoms with Gasteiger partial charge in [0.2, 0.25) is 5.54 Å². The molecule has 122 valence electrons. The smallest absolute Gasteiger partial charge is 0.343 e. The van der Waals surface area contributed by atoms with Crippen LogP contribution in [0.15, 0.2) is 29.3 Å². The highest BCUT2D eigenvalue weighted by Gasteiger charge is 2.43. The van der Waals surface area contributed by atoms with Crippen LogP contribution in [-0.4, -0.2) is 28.9 Å². The van der Waals surface area contributed by atoms with Crippen LogP contribution in [0, 0.1) is 0 Å². The molecule has 23 heavy (non-hydrogen) atoms. The number of nitrogens with zero attached hydrogens (tertiary/aromatic N) is 1. The Labute approximate surface area is 143 Å². The largest absolute Gasteiger partial charge is 0.478 e. The quantitative estimate of drug-likeness (QED) is 0.835. The van der Waals surface area contributed by atoms with E-state index >= 15 is 0 Å². The number of halogens is 2. The first-order valence-electron chi connectivity index (χ1n) is 6.76. The second-order valence-electron chi connectivity index (χ2n) is 6.03. The summed E-state index contributed by atoms with van der Waals surface area (Å²) >= 11 is 12.0. The third-order valence-electron chi connectivity index (χ3n) is 3.11. The minimum absolute atomic E-state index is 0.0709. The Morgan fingerprint density at radius 2 is 1.78 bits per heavy atom. The molecule has 2 rings (SSSR count). The minimum Gasteiger partial charge on any atom is -0.478 e. The molecule has 0 saturated heterocycles. The third kappa shape index (κ3) is 3.41. The van der Waals surface area contributed by atoms with Gasteiger partial charge in [0.05, 0.1) is 15.6 Å². The van der Waals surface area contributed by atoms with E-state index in [9.17, 15) is 9.59 Å². The number of hydrogen-bond donors (Lipinski definition) is 1. The van der Waals surface area contributed by atoms with Crippen molar-refractivity contribution in [2.24, 2.45) is 4.99 Å². The molecular weight excluding hydrogens is 341 g/mol. The Morgan fingerprint density at radius 3 is 2.17 bits per heavy atom. The van der Waals surface area contributed by atoms with Gasteiger partial charge in [-0.25, -0.2) is 9.59 Å². The molecule has 1 aliphatic heterocycles. The van der Waals surface area contributed by atoms with Crippen molar-refractivity contribution in [2.45, 2.75) is 31.9 Å². The molecule has 0 aromatic heterocycles. The maximum Gasteiger partial charge on any atom is 0.343 e. The molecule has 0 fully saturated rings. The SMILES string of the molecule is CC(C)(C)OC(=O)C1(c2cc(Cl)c(C(=O)O)c(Cl)c2)C=CC=N1. The fourth-order valence-electron chi connectivity index (χ4n) is 2.15. The number of allylic oxidation sites excluding steroid dienone is 1. The number of rotatable bonds is 3. The molecule has 1 heterocycles. The summed E-state index contributed by atoms with van der Waals surface area (Å²) in [4.78, 5) is 28.0. The van der Waals surface area contributed by atoms with Gasteiger partial charge in [-0.2, -0.15) is 0 Å². The lowest BCUT2D eigenvalue weighted by molar-refractivity contribution is -0.159. The molecule has 0 aliphatic carbocycles. The normalized spacial score (nSPS) is 19.9. The average molecular weight is 356 g/mol. The van der Waals surface area contributed by atoms with Gasteiger partial charge >= 0.3 is 11.9 Å². The van der Waals surface area contributed by atoms with Crippen LogP contribution in [0.25, 0.3) is 0 Å². The van der Waals surface area contributed by atoms with Gasteiger partial charge in [0.1, 0.15) is 5.60 Å². The summed E-state index contributed by atoms with van der Waals surface area (Å²) in [5, 5.41) is 8.98. The summed E-state index contributed by atoms with van der Waals surface area (Å²) in [6.45, 7) is 5.23. The Balaban J connectivity index is 2.56. The zero-order valence-electron chi connectivity index (χ0n) is 12.8. The van der Waals surface area contributed by atoms with E-state index in [1.54, 1.807) is 32.9 Å². The monoisotopic (exact) mass is 355 g/mol. The number of ether oxygens (including phenoxy) is 1. The Morgan fingerprint density at radius 1 is 1.22 bits per heavy atom. The van der Waals surface area contributed by atoms with Crippen LogP contribution in [0.5, 0.6) is 0 Å². The Bertz CT molecular complexity index is 697. The van der Waals surface area contributed by atoms with Crippen LogP contribution in [0.4, 0.5) is 0 Å². The fraction of sp³-hybridized carbons (Fsp3) is 0.312. The summed E-state index contributed by atoms with van der Waals surface area (Å²) in [5.74, 6) is -1.84. The van der Waals surface area contributed by atoms with Crippen LogP contribution in [0.1, 0.15) is 36.7 Å². The van der Waals surface area contributed by atoms with Gasteiger partial charge in [0.15, 0.2) is 0 Å². The van der Waals surface area contributed by atoms with Gasteiger partial charge < -0.3 is 9.84 Å². The van der Waals surface area contributed by atoms with E-state index in [2.05, 4.69) is 4.99 Å². The number of carbonyl (C=O) groups excluding carboxylic acids is 1. The van der Waals surface area contributed by atoms with Crippen LogP contribution in [-0.2, 0) is 15.1 Å². The zero-order valence-corrected chi connectivity index (χ0v) is 14.3. The highest BCUT2D eigenvalue weighted by molar-refractivity contribution is 6.39. The lowest BCUT2D eigenvalue weighted by atomic mass is 9.90. The zero-order chi connectivity index (χ0) is 17.4. The summed E-state index contributed by atoms with van der Waals surface area (Å²) in [6.07, 6.45) is 4.64. The molecule has 1 aromatic rings. The highest BCUT2D eigenvalue weighted by atomic mass is 35.5. The van der Waals surface area contributed by atoms with Gasteiger partial charge in [0.25, 0.3) is 0 Å². The predicted octanol–water partition coefficient (Wildman–Crippen LogP) is 3.87. The molecule has 1 N–H and O–H groups in total. The van der Waals surface area contributed by atoms with E-state index in [0.717, 1.165) is 0 Å². The first-order valence-corrected chi connectivity index (χ1v) is 7.52. The number of carboxylic acids is 1. The number of carboxylic acid groups (broad SMARTS) is 1. The molecule has 0 bridgehead atoms. The first-order chi connectivity index (χ1) is 10.6. The number of hydrogen-bond acceptors (Lipinski definition) is 4. The van der Waals surface area contributed by atoms with E-state index in [0.29, 0.717) is 5.56 Å². The second kappa shape index (κ2) is 5.98. The van der Waals surface area contributed by atoms with Crippen molar-refractivity contribution >= 4 is 41.4 Å². The lowest BCUT2D eigenvalue weighted by Gasteiger charge is -2.28. The van der Waals surface area contributed by atoms with Gasteiger partial charge in [-0.3, -0.25) is 4.99 Å². The van der Waals surface area contributed by atoms with Gasteiger partial charge in [-0.15, -0.1) is 0 Å². The van der Waals surface area contributed by atoms with Crippen LogP contribution >= 0.6 is 23.2 Å². The summed E-state index contributed by atoms with van der Waals surface area (Å²) < 4.78 is 5.43. The topological polar surface area (TPSA) is 76.0 Å². The van der Waals surface area contributed by atoms with Gasteiger partial charge in [-0.1, -0.05) is 23.2 Å². The number of aliphatic imine (C=N–C) groups is 1. The molecule has 1 aliphatic rings. The molecule has 1 atom stereocenters. The van der Waals surface area contributed by atoms with Crippen molar-refractivity contribution in [1.29, 1.82) is 0 Å². The van der Waals surface area contributed by atoms with Crippen molar-refractivity contribution in [2.75, 3.05) is 0 Å². The predicted molar refractivity (Wildman–Crippen MR) is 88.6 cm³/mol. The maximum atomic E-state index is 12.6. The van der Waals surface area contributed by atoms with E-state index in [1.807, 2.05) is 0 Å². The van der Waals surface area contributed by atoms with Crippen molar-refractivity contribution < 1.29 is 19.4 Å². The molecule has 0 saturated carbocycles. The molecule has 0 spiro atoms. The van der Waals surface area contributed by atoms with Crippen LogP contribution < -0.4 is 0 Å². The molecule has 5 nitrogen and oxygen atoms in total. The Hall–Kier alpha value is -1.85. The van der Waals surface area contributed by atoms with E-state index in [1.165, 1.54) is 18.3 Å². The second-order valence-corrected chi connectivity index (χ2v) is 6.84. The maximum absolute atomic E-state index is 12.6. The Kier molecular flexibility index (Phi) is 4.55. The highest BCUT2D eigenvalue weighted by Crippen LogP contribution is 2.38. The van der Waals surface area contributed by atoms with Crippen molar-refractivity contribution in [3.8, 4) is 0 Å². The van der Waals surface area contributed by atoms with Crippen LogP contribution in [0.3, 0.4) is 0 Å². The molecule has 0 radical (unpaired) electrons. The lowest BCUT2D eigenvalue weighted by Crippen LogP contribution is -2.37. The third-order valence-corrected chi connectivity index (χ3v) is 3.70.